The van der Waals surface area contributed by atoms with Gasteiger partial charge >= 0.3 is 0 Å². The van der Waals surface area contributed by atoms with Crippen LogP contribution in [0, 0.1) is 0 Å². The summed E-state index contributed by atoms with van der Waals surface area (Å²) in [6, 6.07) is 26.3. The zero-order valence-corrected chi connectivity index (χ0v) is 23.3. The average molecular weight is 523 g/mol. The van der Waals surface area contributed by atoms with E-state index in [1.807, 2.05) is 54.6 Å². The summed E-state index contributed by atoms with van der Waals surface area (Å²) in [6.07, 6.45) is 1.94. The van der Waals surface area contributed by atoms with Crippen LogP contribution in [-0.4, -0.2) is 0 Å². The molecule has 2 heterocycles. The van der Waals surface area contributed by atoms with Crippen molar-refractivity contribution in [2.24, 2.45) is 0 Å². The summed E-state index contributed by atoms with van der Waals surface area (Å²) in [5.74, 6) is 0.449. The van der Waals surface area contributed by atoms with Crippen LogP contribution in [0.5, 0.6) is 0 Å². The Morgan fingerprint density at radius 3 is 1.84 bits per heavy atom. The van der Waals surface area contributed by atoms with E-state index in [2.05, 4.69) is 52.0 Å². The minimum atomic E-state index is 0.154. The quantitative estimate of drug-likeness (QED) is 0.217. The van der Waals surface area contributed by atoms with Crippen molar-refractivity contribution in [2.45, 2.75) is 46.5 Å². The summed E-state index contributed by atoms with van der Waals surface area (Å²) in [5.41, 5.74) is 4.10. The Hall–Kier alpha value is -3.34. The first-order valence-electron chi connectivity index (χ1n) is 12.8. The van der Waals surface area contributed by atoms with Crippen LogP contribution < -0.4 is 10.9 Å². The standard InChI is InChI=1S/C17H16OS.C16H14OS/c1-3-11-9-12(4-2)17-14(10-11)16(18)13-7-5-6-8-15(13)19-17;1-10(2)11-7-8-15-13(9-11)16(17)12-5-3-4-6-14(12)18-15/h5-10H,3-4H2,1-2H3;3-10H,1-2H3. The summed E-state index contributed by atoms with van der Waals surface area (Å²) in [7, 11) is 0. The molecule has 6 aromatic rings. The summed E-state index contributed by atoms with van der Waals surface area (Å²) < 4.78 is 4.37. The van der Waals surface area contributed by atoms with Gasteiger partial charge in [-0.15, -0.1) is 22.7 Å². The van der Waals surface area contributed by atoms with Crippen LogP contribution in [0.2, 0.25) is 0 Å². The van der Waals surface area contributed by atoms with Crippen molar-refractivity contribution in [3.05, 3.63) is 116 Å². The molecule has 0 atom stereocenters. The molecule has 0 saturated carbocycles. The van der Waals surface area contributed by atoms with Crippen molar-refractivity contribution < 1.29 is 0 Å². The van der Waals surface area contributed by atoms with Gasteiger partial charge in [-0.1, -0.05) is 64.1 Å². The molecule has 186 valence electrons. The van der Waals surface area contributed by atoms with E-state index >= 15 is 0 Å². The summed E-state index contributed by atoms with van der Waals surface area (Å²) in [5, 5.41) is 3.41. The lowest BCUT2D eigenvalue weighted by Crippen LogP contribution is -2.03. The first-order chi connectivity index (χ1) is 17.9. The molecule has 2 nitrogen and oxygen atoms in total. The van der Waals surface area contributed by atoms with E-state index in [9.17, 15) is 9.59 Å². The number of hydrogen-bond donors (Lipinski definition) is 0. The van der Waals surface area contributed by atoms with Crippen molar-refractivity contribution in [1.29, 1.82) is 0 Å². The van der Waals surface area contributed by atoms with Crippen molar-refractivity contribution in [2.75, 3.05) is 0 Å². The van der Waals surface area contributed by atoms with Gasteiger partial charge in [-0.3, -0.25) is 9.59 Å². The topological polar surface area (TPSA) is 34.1 Å². The fourth-order valence-electron chi connectivity index (χ4n) is 4.69. The van der Waals surface area contributed by atoms with E-state index in [1.165, 1.54) is 16.7 Å². The predicted molar refractivity (Wildman–Crippen MR) is 164 cm³/mol. The molecular formula is C33H30O2S2. The van der Waals surface area contributed by atoms with E-state index in [4.69, 9.17) is 0 Å². The van der Waals surface area contributed by atoms with Gasteiger partial charge in [0.2, 0.25) is 0 Å². The molecule has 0 fully saturated rings. The molecule has 4 aromatic carbocycles. The molecule has 0 N–H and O–H groups in total. The SMILES string of the molecule is CC(C)c1ccc2sc3ccccc3c(=O)c2c1.CCc1cc(CC)c2sc3ccccc3c(=O)c2c1. The molecule has 2 aromatic heterocycles. The zero-order valence-electron chi connectivity index (χ0n) is 21.6. The Kier molecular flexibility index (Phi) is 7.23. The second kappa shape index (κ2) is 10.6. The molecule has 0 unspecified atom stereocenters. The molecule has 0 radical (unpaired) electrons. The number of aryl methyl sites for hydroxylation is 2. The summed E-state index contributed by atoms with van der Waals surface area (Å²) in [4.78, 5) is 25.1. The van der Waals surface area contributed by atoms with E-state index in [-0.39, 0.29) is 10.9 Å². The molecule has 0 aliphatic rings. The zero-order chi connectivity index (χ0) is 26.1. The second-order valence-corrected chi connectivity index (χ2v) is 11.7. The van der Waals surface area contributed by atoms with Gasteiger partial charge in [-0.05, 0) is 77.9 Å². The highest BCUT2D eigenvalue weighted by atomic mass is 32.1. The van der Waals surface area contributed by atoms with Crippen molar-refractivity contribution in [1.82, 2.24) is 0 Å². The Balaban J connectivity index is 0.000000152. The van der Waals surface area contributed by atoms with Gasteiger partial charge in [0, 0.05) is 40.3 Å². The maximum absolute atomic E-state index is 12.6. The first kappa shape index (κ1) is 25.3. The monoisotopic (exact) mass is 522 g/mol. The molecule has 0 amide bonds. The van der Waals surface area contributed by atoms with Crippen molar-refractivity contribution >= 4 is 63.0 Å². The minimum absolute atomic E-state index is 0.154. The van der Waals surface area contributed by atoms with Crippen LogP contribution in [0.3, 0.4) is 0 Å². The molecule has 4 heteroatoms. The van der Waals surface area contributed by atoms with Crippen LogP contribution in [-0.2, 0) is 12.8 Å². The molecule has 6 rings (SSSR count). The normalized spacial score (nSPS) is 11.4. The molecule has 0 aliphatic carbocycles. The minimum Gasteiger partial charge on any atom is -0.289 e. The average Bonchev–Trinajstić information content (AvgIpc) is 2.93. The van der Waals surface area contributed by atoms with Gasteiger partial charge in [-0.2, -0.15) is 0 Å². The number of benzene rings is 4. The predicted octanol–water partition coefficient (Wildman–Crippen LogP) is 9.08. The van der Waals surface area contributed by atoms with Gasteiger partial charge in [0.15, 0.2) is 10.9 Å². The Labute approximate surface area is 224 Å². The molecule has 0 saturated heterocycles. The van der Waals surface area contributed by atoms with Gasteiger partial charge in [0.05, 0.1) is 0 Å². The Bertz CT molecular complexity index is 1880. The fourth-order valence-corrected chi connectivity index (χ4v) is 6.97. The largest absolute Gasteiger partial charge is 0.289 e. The van der Waals surface area contributed by atoms with Crippen molar-refractivity contribution in [3.8, 4) is 0 Å². The molecule has 0 aliphatic heterocycles. The Morgan fingerprint density at radius 1 is 0.622 bits per heavy atom. The maximum atomic E-state index is 12.6. The third kappa shape index (κ3) is 4.84. The van der Waals surface area contributed by atoms with Gasteiger partial charge in [0.1, 0.15) is 0 Å². The maximum Gasteiger partial charge on any atom is 0.195 e. The van der Waals surface area contributed by atoms with E-state index in [1.54, 1.807) is 22.7 Å². The van der Waals surface area contributed by atoms with Crippen molar-refractivity contribution in [3.63, 3.8) is 0 Å². The molecule has 0 bridgehead atoms. The smallest absolute Gasteiger partial charge is 0.195 e. The third-order valence-corrected chi connectivity index (χ3v) is 9.28. The van der Waals surface area contributed by atoms with Gasteiger partial charge in [0.25, 0.3) is 0 Å². The van der Waals surface area contributed by atoms with Crippen LogP contribution in [0.4, 0.5) is 0 Å². The van der Waals surface area contributed by atoms with E-state index < -0.39 is 0 Å². The summed E-state index contributed by atoms with van der Waals surface area (Å²) >= 11 is 3.42. The lowest BCUT2D eigenvalue weighted by atomic mass is 10.0. The number of rotatable bonds is 3. The highest BCUT2D eigenvalue weighted by Crippen LogP contribution is 2.29. The van der Waals surface area contributed by atoms with Crippen LogP contribution in [0.25, 0.3) is 40.3 Å². The molecule has 37 heavy (non-hydrogen) atoms. The highest BCUT2D eigenvalue weighted by molar-refractivity contribution is 7.25. The van der Waals surface area contributed by atoms with E-state index in [0.29, 0.717) is 5.92 Å². The fraction of sp³-hybridized carbons (Fsp3) is 0.212. The lowest BCUT2D eigenvalue weighted by molar-refractivity contribution is 0.869. The number of hydrogen-bond acceptors (Lipinski definition) is 4. The third-order valence-electron chi connectivity index (χ3n) is 6.87. The first-order valence-corrected chi connectivity index (χ1v) is 14.5. The second-order valence-electron chi connectivity index (χ2n) is 9.60. The lowest BCUT2D eigenvalue weighted by Gasteiger charge is -2.08. The number of fused-ring (bicyclic) bond motifs is 4. The van der Waals surface area contributed by atoms with Gasteiger partial charge in [-0.25, -0.2) is 0 Å². The Morgan fingerprint density at radius 2 is 1.22 bits per heavy atom. The van der Waals surface area contributed by atoms with Gasteiger partial charge < -0.3 is 0 Å². The van der Waals surface area contributed by atoms with Crippen LogP contribution in [0.1, 0.15) is 50.3 Å². The molecular weight excluding hydrogens is 492 g/mol. The molecule has 0 spiro atoms. The summed E-state index contributed by atoms with van der Waals surface area (Å²) in [6.45, 7) is 8.59. The van der Waals surface area contributed by atoms with E-state index in [0.717, 1.165) is 53.2 Å². The van der Waals surface area contributed by atoms with Crippen LogP contribution in [0.15, 0.2) is 88.5 Å². The highest BCUT2D eigenvalue weighted by Gasteiger charge is 2.10. The van der Waals surface area contributed by atoms with Crippen LogP contribution >= 0.6 is 22.7 Å².